The standard InChI is InChI=1S/C8H10.2C2H6.2CH2O/c1-7-3-5-8(2)6-4-7;4*1-2/h3-6H,1-2H3;2*1-2H3;2*1H2. The monoisotopic (exact) mass is 226 g/mol. The van der Waals surface area contributed by atoms with Gasteiger partial charge in [-0.2, -0.15) is 0 Å². The van der Waals surface area contributed by atoms with Crippen LogP contribution in [0.4, 0.5) is 0 Å². The van der Waals surface area contributed by atoms with Crippen molar-refractivity contribution in [3.63, 3.8) is 0 Å². The Hall–Kier alpha value is -1.44. The van der Waals surface area contributed by atoms with Crippen molar-refractivity contribution in [1.82, 2.24) is 0 Å². The van der Waals surface area contributed by atoms with E-state index in [4.69, 9.17) is 9.59 Å². The second kappa shape index (κ2) is 29.2. The molecule has 94 valence electrons. The van der Waals surface area contributed by atoms with E-state index in [1.54, 1.807) is 0 Å². The van der Waals surface area contributed by atoms with Crippen LogP contribution in [-0.4, -0.2) is 13.6 Å². The number of hydrogen-bond donors (Lipinski definition) is 0. The van der Waals surface area contributed by atoms with Crippen molar-refractivity contribution in [1.29, 1.82) is 0 Å². The minimum absolute atomic E-state index is 1.33. The van der Waals surface area contributed by atoms with Crippen molar-refractivity contribution < 1.29 is 9.59 Å². The quantitative estimate of drug-likeness (QED) is 0.670. The van der Waals surface area contributed by atoms with Crippen molar-refractivity contribution >= 4 is 13.6 Å². The number of carbonyl (C=O) groups is 2. The van der Waals surface area contributed by atoms with Gasteiger partial charge in [0.2, 0.25) is 0 Å². The van der Waals surface area contributed by atoms with Crippen LogP contribution in [0.15, 0.2) is 24.3 Å². The fourth-order valence-electron chi connectivity index (χ4n) is 0.637. The van der Waals surface area contributed by atoms with Gasteiger partial charge in [0.25, 0.3) is 0 Å². The molecule has 0 atom stereocenters. The molecule has 0 saturated carbocycles. The third kappa shape index (κ3) is 22.9. The fourth-order valence-corrected chi connectivity index (χ4v) is 0.637. The van der Waals surface area contributed by atoms with Gasteiger partial charge in [0.1, 0.15) is 13.6 Å². The molecule has 2 nitrogen and oxygen atoms in total. The molecule has 0 saturated heterocycles. The van der Waals surface area contributed by atoms with Crippen LogP contribution in [-0.2, 0) is 9.59 Å². The Balaban J connectivity index is -0.0000000771. The van der Waals surface area contributed by atoms with Crippen molar-refractivity contribution in [2.24, 2.45) is 0 Å². The third-order valence-corrected chi connectivity index (χ3v) is 1.22. The number of aryl methyl sites for hydroxylation is 2. The molecular formula is C14H26O2. The zero-order valence-corrected chi connectivity index (χ0v) is 11.5. The van der Waals surface area contributed by atoms with Gasteiger partial charge in [0.15, 0.2) is 0 Å². The van der Waals surface area contributed by atoms with Crippen LogP contribution in [0.25, 0.3) is 0 Å². The molecule has 0 aromatic heterocycles. The molecule has 2 heteroatoms. The Morgan fingerprint density at radius 1 is 0.625 bits per heavy atom. The fraction of sp³-hybridized carbons (Fsp3) is 0.429. The molecule has 0 radical (unpaired) electrons. The summed E-state index contributed by atoms with van der Waals surface area (Å²) in [5.41, 5.74) is 2.66. The zero-order valence-electron chi connectivity index (χ0n) is 11.5. The summed E-state index contributed by atoms with van der Waals surface area (Å²) in [4.78, 5) is 16.0. The summed E-state index contributed by atoms with van der Waals surface area (Å²) >= 11 is 0. The largest absolute Gasteiger partial charge is 0.307 e. The maximum atomic E-state index is 8.00. The van der Waals surface area contributed by atoms with Crippen molar-refractivity contribution in [2.75, 3.05) is 0 Å². The van der Waals surface area contributed by atoms with E-state index in [9.17, 15) is 0 Å². The molecule has 16 heavy (non-hydrogen) atoms. The lowest BCUT2D eigenvalue weighted by molar-refractivity contribution is -0.0987. The molecule has 0 aliphatic carbocycles. The van der Waals surface area contributed by atoms with Crippen LogP contribution in [0, 0.1) is 13.8 Å². The van der Waals surface area contributed by atoms with E-state index in [2.05, 4.69) is 38.1 Å². The number of benzene rings is 1. The summed E-state index contributed by atoms with van der Waals surface area (Å²) in [5, 5.41) is 0. The molecule has 0 bridgehead atoms. The zero-order chi connectivity index (χ0) is 14.0. The number of hydrogen-bond acceptors (Lipinski definition) is 2. The molecule has 0 aliphatic rings. The Kier molecular flexibility index (Phi) is 43.8. The molecule has 1 rings (SSSR count). The summed E-state index contributed by atoms with van der Waals surface area (Å²) in [5.74, 6) is 0. The lowest BCUT2D eigenvalue weighted by atomic mass is 10.2. The first kappa shape index (κ1) is 24.0. The van der Waals surface area contributed by atoms with Crippen LogP contribution in [0.2, 0.25) is 0 Å². The highest BCUT2D eigenvalue weighted by Gasteiger charge is 1.79. The second-order valence-electron chi connectivity index (χ2n) is 2.15. The SMILES string of the molecule is C=O.C=O.CC.CC.Cc1ccc(C)cc1. The first-order valence-corrected chi connectivity index (χ1v) is 5.40. The Morgan fingerprint density at radius 3 is 0.875 bits per heavy atom. The van der Waals surface area contributed by atoms with Gasteiger partial charge < -0.3 is 9.59 Å². The van der Waals surface area contributed by atoms with Crippen LogP contribution in [0.5, 0.6) is 0 Å². The topological polar surface area (TPSA) is 34.1 Å². The summed E-state index contributed by atoms with van der Waals surface area (Å²) in [7, 11) is 0. The molecule has 0 heterocycles. The first-order valence-electron chi connectivity index (χ1n) is 5.40. The molecule has 0 unspecified atom stereocenters. The Labute approximate surface area is 101 Å². The molecule has 0 amide bonds. The van der Waals surface area contributed by atoms with E-state index >= 15 is 0 Å². The van der Waals surface area contributed by atoms with E-state index in [1.807, 2.05) is 41.3 Å². The van der Waals surface area contributed by atoms with Gasteiger partial charge in [-0.15, -0.1) is 0 Å². The summed E-state index contributed by atoms with van der Waals surface area (Å²) in [6.45, 7) is 16.2. The predicted octanol–water partition coefficient (Wildman–Crippen LogP) is 3.99. The lowest BCUT2D eigenvalue weighted by Crippen LogP contribution is -1.70. The van der Waals surface area contributed by atoms with Crippen LogP contribution in [0.3, 0.4) is 0 Å². The maximum Gasteiger partial charge on any atom is 0.106 e. The van der Waals surface area contributed by atoms with E-state index in [1.165, 1.54) is 11.1 Å². The molecule has 0 N–H and O–H groups in total. The first-order chi connectivity index (χ1) is 7.79. The van der Waals surface area contributed by atoms with E-state index < -0.39 is 0 Å². The Morgan fingerprint density at radius 2 is 0.750 bits per heavy atom. The normalized spacial score (nSPS) is 5.88. The molecule has 0 fully saturated rings. The van der Waals surface area contributed by atoms with Gasteiger partial charge in [0.05, 0.1) is 0 Å². The minimum atomic E-state index is 1.33. The van der Waals surface area contributed by atoms with Gasteiger partial charge in [-0.05, 0) is 13.8 Å². The average molecular weight is 226 g/mol. The molecular weight excluding hydrogens is 200 g/mol. The van der Waals surface area contributed by atoms with Crippen molar-refractivity contribution in [3.8, 4) is 0 Å². The smallest absolute Gasteiger partial charge is 0.106 e. The highest BCUT2D eigenvalue weighted by Crippen LogP contribution is 1.99. The van der Waals surface area contributed by atoms with Gasteiger partial charge in [-0.3, -0.25) is 0 Å². The van der Waals surface area contributed by atoms with Crippen LogP contribution >= 0.6 is 0 Å². The molecule has 1 aromatic rings. The summed E-state index contributed by atoms with van der Waals surface area (Å²) in [6, 6.07) is 8.48. The van der Waals surface area contributed by atoms with Gasteiger partial charge in [-0.1, -0.05) is 63.1 Å². The molecule has 1 aromatic carbocycles. The van der Waals surface area contributed by atoms with E-state index in [0.29, 0.717) is 0 Å². The number of rotatable bonds is 0. The molecule has 0 spiro atoms. The lowest BCUT2D eigenvalue weighted by Gasteiger charge is -1.90. The van der Waals surface area contributed by atoms with Gasteiger partial charge >= 0.3 is 0 Å². The minimum Gasteiger partial charge on any atom is -0.307 e. The average Bonchev–Trinajstić information content (AvgIpc) is 2.42. The second-order valence-corrected chi connectivity index (χ2v) is 2.15. The number of carbonyl (C=O) groups excluding carboxylic acids is 2. The maximum absolute atomic E-state index is 8.00. The van der Waals surface area contributed by atoms with Crippen molar-refractivity contribution in [3.05, 3.63) is 35.4 Å². The van der Waals surface area contributed by atoms with E-state index in [0.717, 1.165) is 0 Å². The summed E-state index contributed by atoms with van der Waals surface area (Å²) < 4.78 is 0. The van der Waals surface area contributed by atoms with Gasteiger partial charge in [-0.25, -0.2) is 0 Å². The summed E-state index contributed by atoms with van der Waals surface area (Å²) in [6.07, 6.45) is 0. The van der Waals surface area contributed by atoms with Gasteiger partial charge in [0, 0.05) is 0 Å². The predicted molar refractivity (Wildman–Crippen MR) is 72.9 cm³/mol. The Bertz CT molecular complexity index is 169. The van der Waals surface area contributed by atoms with Crippen molar-refractivity contribution in [2.45, 2.75) is 41.5 Å². The van der Waals surface area contributed by atoms with Crippen LogP contribution < -0.4 is 0 Å². The third-order valence-electron chi connectivity index (χ3n) is 1.22. The molecule has 0 aliphatic heterocycles. The van der Waals surface area contributed by atoms with Crippen LogP contribution in [0.1, 0.15) is 38.8 Å². The highest BCUT2D eigenvalue weighted by atomic mass is 16.1. The highest BCUT2D eigenvalue weighted by molar-refractivity contribution is 5.19. The van der Waals surface area contributed by atoms with E-state index in [-0.39, 0.29) is 0 Å².